The number of carboxylic acids is 1. The molecule has 0 spiro atoms. The van der Waals surface area contributed by atoms with Gasteiger partial charge in [0.25, 0.3) is 0 Å². The molecule has 0 aliphatic rings. The van der Waals surface area contributed by atoms with E-state index in [9.17, 15) is 9.59 Å². The molecule has 31 heavy (non-hydrogen) atoms. The Morgan fingerprint density at radius 1 is 1.16 bits per heavy atom. The number of hydrogen-bond acceptors (Lipinski definition) is 5. The van der Waals surface area contributed by atoms with Crippen molar-refractivity contribution >= 4 is 29.2 Å². The molecule has 2 heterocycles. The van der Waals surface area contributed by atoms with Gasteiger partial charge in [-0.05, 0) is 57.0 Å². The van der Waals surface area contributed by atoms with Gasteiger partial charge in [-0.25, -0.2) is 9.48 Å². The molecule has 164 valence electrons. The molecule has 0 radical (unpaired) electrons. The van der Waals surface area contributed by atoms with Crippen molar-refractivity contribution in [2.24, 2.45) is 0 Å². The van der Waals surface area contributed by atoms with Crippen molar-refractivity contribution in [2.45, 2.75) is 47.4 Å². The molecule has 1 aromatic carbocycles. The number of anilines is 1. The molecular weight excluding hydrogens is 422 g/mol. The zero-order chi connectivity index (χ0) is 22.7. The summed E-state index contributed by atoms with van der Waals surface area (Å²) in [5.41, 5.74) is 3.91. The van der Waals surface area contributed by atoms with Crippen molar-refractivity contribution in [1.29, 1.82) is 0 Å². The van der Waals surface area contributed by atoms with Crippen LogP contribution in [0.4, 0.5) is 5.69 Å². The van der Waals surface area contributed by atoms with Crippen LogP contribution in [0, 0.1) is 27.7 Å². The van der Waals surface area contributed by atoms with Gasteiger partial charge >= 0.3 is 5.97 Å². The van der Waals surface area contributed by atoms with Crippen molar-refractivity contribution in [3.8, 4) is 5.75 Å². The number of hydrogen-bond donors (Lipinski definition) is 2. The number of aromatic carboxylic acids is 1. The number of halogens is 1. The van der Waals surface area contributed by atoms with Crippen LogP contribution in [0.15, 0.2) is 24.4 Å². The minimum Gasteiger partial charge on any atom is -0.477 e. The second kappa shape index (κ2) is 9.22. The lowest BCUT2D eigenvalue weighted by atomic mass is 10.1. The predicted octanol–water partition coefficient (Wildman–Crippen LogP) is 3.73. The number of carbonyl (C=O) groups is 2. The van der Waals surface area contributed by atoms with Crippen molar-refractivity contribution < 1.29 is 19.4 Å². The molecule has 10 heteroatoms. The summed E-state index contributed by atoms with van der Waals surface area (Å²) in [4.78, 5) is 23.5. The van der Waals surface area contributed by atoms with Crippen LogP contribution in [0.25, 0.3) is 0 Å². The summed E-state index contributed by atoms with van der Waals surface area (Å²) < 4.78 is 8.81. The van der Waals surface area contributed by atoms with Gasteiger partial charge in [-0.1, -0.05) is 11.6 Å². The van der Waals surface area contributed by atoms with Gasteiger partial charge in [0.2, 0.25) is 5.91 Å². The van der Waals surface area contributed by atoms with Crippen molar-refractivity contribution in [1.82, 2.24) is 19.6 Å². The second-order valence-corrected chi connectivity index (χ2v) is 7.61. The summed E-state index contributed by atoms with van der Waals surface area (Å²) in [6, 6.07) is 5.12. The van der Waals surface area contributed by atoms with E-state index < -0.39 is 5.97 Å². The fraction of sp³-hybridized carbons (Fsp3) is 0.333. The summed E-state index contributed by atoms with van der Waals surface area (Å²) in [7, 11) is 0. The van der Waals surface area contributed by atoms with Crippen LogP contribution in [-0.2, 0) is 18.1 Å². The van der Waals surface area contributed by atoms with E-state index in [4.69, 9.17) is 21.4 Å². The van der Waals surface area contributed by atoms with Crippen LogP contribution >= 0.6 is 11.6 Å². The van der Waals surface area contributed by atoms with Gasteiger partial charge < -0.3 is 15.2 Å². The van der Waals surface area contributed by atoms with Crippen molar-refractivity contribution in [2.75, 3.05) is 5.32 Å². The third kappa shape index (κ3) is 5.05. The molecule has 0 saturated carbocycles. The van der Waals surface area contributed by atoms with Gasteiger partial charge in [-0.2, -0.15) is 10.2 Å². The number of nitrogens with zero attached hydrogens (tertiary/aromatic N) is 4. The van der Waals surface area contributed by atoms with E-state index in [0.717, 1.165) is 16.8 Å². The van der Waals surface area contributed by atoms with E-state index in [1.165, 1.54) is 16.9 Å². The Morgan fingerprint density at radius 3 is 2.48 bits per heavy atom. The molecule has 9 nitrogen and oxygen atoms in total. The number of carboxylic acid groups (broad SMARTS) is 1. The Hall–Kier alpha value is -3.33. The number of aromatic nitrogens is 4. The molecule has 2 aromatic heterocycles. The largest absolute Gasteiger partial charge is 0.477 e. The monoisotopic (exact) mass is 445 g/mol. The fourth-order valence-corrected chi connectivity index (χ4v) is 3.34. The van der Waals surface area contributed by atoms with Gasteiger partial charge in [-0.3, -0.25) is 9.48 Å². The normalized spacial score (nSPS) is 10.9. The van der Waals surface area contributed by atoms with Crippen LogP contribution in [0.1, 0.15) is 39.4 Å². The highest BCUT2D eigenvalue weighted by Gasteiger charge is 2.16. The standard InChI is InChI=1S/C21H24ClN5O4/c1-12-9-16(10-13(2)19(12)22)31-11-27-15(4)20(14(3)25-27)24-18(28)6-8-26-17(21(29)30)5-7-23-26/h5,7,9-10H,6,8,11H2,1-4H3,(H,24,28)(H,29,30). The lowest BCUT2D eigenvalue weighted by molar-refractivity contribution is -0.116. The summed E-state index contributed by atoms with van der Waals surface area (Å²) in [5, 5.41) is 21.1. The Labute approximate surface area is 184 Å². The summed E-state index contributed by atoms with van der Waals surface area (Å²) in [6.07, 6.45) is 1.47. The Kier molecular flexibility index (Phi) is 6.65. The van der Waals surface area contributed by atoms with Gasteiger partial charge in [0.15, 0.2) is 6.73 Å². The van der Waals surface area contributed by atoms with E-state index in [-0.39, 0.29) is 31.3 Å². The topological polar surface area (TPSA) is 111 Å². The van der Waals surface area contributed by atoms with E-state index in [1.807, 2.05) is 32.9 Å². The van der Waals surface area contributed by atoms with Crippen LogP contribution in [0.5, 0.6) is 5.75 Å². The van der Waals surface area contributed by atoms with Gasteiger partial charge in [-0.15, -0.1) is 0 Å². The number of nitrogens with one attached hydrogen (secondary N) is 1. The Morgan fingerprint density at radius 2 is 1.84 bits per heavy atom. The first-order valence-corrected chi connectivity index (χ1v) is 10.0. The van der Waals surface area contributed by atoms with E-state index >= 15 is 0 Å². The Bertz CT molecular complexity index is 1110. The van der Waals surface area contributed by atoms with E-state index in [2.05, 4.69) is 15.5 Å². The molecule has 0 unspecified atom stereocenters. The molecule has 2 N–H and O–H groups in total. The molecule has 0 saturated heterocycles. The first-order valence-electron chi connectivity index (χ1n) is 9.66. The lowest BCUT2D eigenvalue weighted by Gasteiger charge is -2.11. The van der Waals surface area contributed by atoms with E-state index in [0.29, 0.717) is 22.2 Å². The smallest absolute Gasteiger partial charge is 0.354 e. The number of ether oxygens (including phenoxy) is 1. The van der Waals surface area contributed by atoms with Gasteiger partial charge in [0.1, 0.15) is 11.4 Å². The maximum absolute atomic E-state index is 12.4. The minimum atomic E-state index is -1.09. The SMILES string of the molecule is Cc1cc(OCn2nc(C)c(NC(=O)CCn3nccc3C(=O)O)c2C)cc(C)c1Cl. The number of carbonyl (C=O) groups excluding carboxylic acids is 1. The predicted molar refractivity (Wildman–Crippen MR) is 116 cm³/mol. The average molecular weight is 446 g/mol. The first kappa shape index (κ1) is 22.4. The van der Waals surface area contributed by atoms with Crippen LogP contribution in [0.2, 0.25) is 5.02 Å². The summed E-state index contributed by atoms with van der Waals surface area (Å²) in [6.45, 7) is 7.81. The number of rotatable bonds is 8. The molecule has 0 bridgehead atoms. The highest BCUT2D eigenvalue weighted by atomic mass is 35.5. The highest BCUT2D eigenvalue weighted by molar-refractivity contribution is 6.32. The quantitative estimate of drug-likeness (QED) is 0.546. The maximum Gasteiger partial charge on any atom is 0.354 e. The third-order valence-corrected chi connectivity index (χ3v) is 5.49. The molecule has 0 atom stereocenters. The highest BCUT2D eigenvalue weighted by Crippen LogP contribution is 2.26. The zero-order valence-corrected chi connectivity index (χ0v) is 18.5. The fourth-order valence-electron chi connectivity index (χ4n) is 3.23. The number of benzene rings is 1. The molecule has 3 aromatic rings. The lowest BCUT2D eigenvalue weighted by Crippen LogP contribution is -2.18. The first-order chi connectivity index (χ1) is 14.7. The van der Waals surface area contributed by atoms with Crippen molar-refractivity contribution in [3.63, 3.8) is 0 Å². The average Bonchev–Trinajstić information content (AvgIpc) is 3.29. The third-order valence-electron chi connectivity index (χ3n) is 4.90. The van der Waals surface area contributed by atoms with Crippen LogP contribution in [0.3, 0.4) is 0 Å². The van der Waals surface area contributed by atoms with E-state index in [1.54, 1.807) is 11.6 Å². The maximum atomic E-state index is 12.4. The summed E-state index contributed by atoms with van der Waals surface area (Å²) >= 11 is 6.20. The van der Waals surface area contributed by atoms with Crippen LogP contribution < -0.4 is 10.1 Å². The van der Waals surface area contributed by atoms with Crippen LogP contribution in [-0.4, -0.2) is 36.5 Å². The number of aryl methyl sites for hydroxylation is 4. The molecule has 3 rings (SSSR count). The molecule has 0 aliphatic carbocycles. The second-order valence-electron chi connectivity index (χ2n) is 7.23. The van der Waals surface area contributed by atoms with Gasteiger partial charge in [0, 0.05) is 17.6 Å². The van der Waals surface area contributed by atoms with Gasteiger partial charge in [0.05, 0.1) is 23.6 Å². The molecule has 1 amide bonds. The minimum absolute atomic E-state index is 0.0396. The molecular formula is C21H24ClN5O4. The zero-order valence-electron chi connectivity index (χ0n) is 17.8. The number of amides is 1. The molecule has 0 fully saturated rings. The Balaban J connectivity index is 1.63. The van der Waals surface area contributed by atoms with Crippen molar-refractivity contribution in [3.05, 3.63) is 57.6 Å². The molecule has 0 aliphatic heterocycles. The summed E-state index contributed by atoms with van der Waals surface area (Å²) in [5.74, 6) is -0.662.